The second kappa shape index (κ2) is 7.27. The van der Waals surface area contributed by atoms with E-state index in [1.54, 1.807) is 11.3 Å². The number of nitrogens with zero attached hydrogens (tertiary/aromatic N) is 2. The molecule has 3 aromatic heterocycles. The minimum atomic E-state index is -0.147. The molecule has 5 rings (SSSR count). The van der Waals surface area contributed by atoms with E-state index in [4.69, 9.17) is 0 Å². The van der Waals surface area contributed by atoms with Crippen LogP contribution in [0.15, 0.2) is 72.1 Å². The molecule has 28 heavy (non-hydrogen) atoms. The zero-order valence-corrected chi connectivity index (χ0v) is 16.9. The van der Waals surface area contributed by atoms with Crippen molar-refractivity contribution in [3.8, 4) is 21.1 Å². The summed E-state index contributed by atoms with van der Waals surface area (Å²) in [4.78, 5) is 23.4. The van der Waals surface area contributed by atoms with E-state index in [1.807, 2.05) is 66.0 Å². The van der Waals surface area contributed by atoms with Crippen molar-refractivity contribution in [1.29, 1.82) is 0 Å². The predicted molar refractivity (Wildman–Crippen MR) is 118 cm³/mol. The van der Waals surface area contributed by atoms with Crippen molar-refractivity contribution in [2.75, 3.05) is 5.32 Å². The lowest BCUT2D eigenvalue weighted by Gasteiger charge is -1.98. The summed E-state index contributed by atoms with van der Waals surface area (Å²) in [5.74, 6) is -0.147. The number of hydrogen-bond acceptors (Lipinski definition) is 6. The van der Waals surface area contributed by atoms with E-state index < -0.39 is 0 Å². The third-order valence-corrected chi connectivity index (χ3v) is 7.18. The molecule has 7 heteroatoms. The molecule has 0 spiro atoms. The molecule has 1 N–H and O–H groups in total. The van der Waals surface area contributed by atoms with Gasteiger partial charge in [0.2, 0.25) is 0 Å². The van der Waals surface area contributed by atoms with Gasteiger partial charge in [-0.15, -0.1) is 34.0 Å². The summed E-state index contributed by atoms with van der Waals surface area (Å²) in [6, 6.07) is 21.8. The topological polar surface area (TPSA) is 54.9 Å². The number of amides is 1. The normalized spacial score (nSPS) is 11.0. The van der Waals surface area contributed by atoms with Crippen LogP contribution in [0.2, 0.25) is 0 Å². The fourth-order valence-electron chi connectivity index (χ4n) is 2.78. The third kappa shape index (κ3) is 3.35. The van der Waals surface area contributed by atoms with Gasteiger partial charge in [0.15, 0.2) is 5.13 Å². The number of rotatable bonds is 4. The maximum atomic E-state index is 12.6. The van der Waals surface area contributed by atoms with Gasteiger partial charge < -0.3 is 0 Å². The lowest BCUT2D eigenvalue weighted by atomic mass is 10.2. The number of hydrogen-bond donors (Lipinski definition) is 1. The van der Waals surface area contributed by atoms with Crippen LogP contribution in [0.1, 0.15) is 9.67 Å². The van der Waals surface area contributed by atoms with E-state index >= 15 is 0 Å². The van der Waals surface area contributed by atoms with Crippen molar-refractivity contribution in [2.45, 2.75) is 0 Å². The van der Waals surface area contributed by atoms with Crippen molar-refractivity contribution >= 4 is 55.3 Å². The quantitative estimate of drug-likeness (QED) is 0.367. The molecule has 1 amide bonds. The van der Waals surface area contributed by atoms with Crippen LogP contribution in [0.3, 0.4) is 0 Å². The molecule has 0 aliphatic rings. The monoisotopic (exact) mass is 419 g/mol. The number of para-hydroxylation sites is 1. The molecule has 5 aromatic rings. The number of carbonyl (C=O) groups excluding carboxylic acids is 1. The summed E-state index contributed by atoms with van der Waals surface area (Å²) in [5.41, 5.74) is 2.88. The molecular weight excluding hydrogens is 406 g/mol. The van der Waals surface area contributed by atoms with Crippen molar-refractivity contribution in [3.05, 3.63) is 77.0 Å². The number of benzene rings is 2. The number of thiophene rings is 1. The maximum Gasteiger partial charge on any atom is 0.267 e. The molecule has 136 valence electrons. The summed E-state index contributed by atoms with van der Waals surface area (Å²) in [6.45, 7) is 0. The highest BCUT2D eigenvalue weighted by Crippen LogP contribution is 2.35. The summed E-state index contributed by atoms with van der Waals surface area (Å²) in [6.07, 6.45) is 0. The number of thiazole rings is 2. The summed E-state index contributed by atoms with van der Waals surface area (Å²) >= 11 is 4.51. The van der Waals surface area contributed by atoms with Gasteiger partial charge >= 0.3 is 0 Å². The van der Waals surface area contributed by atoms with Crippen LogP contribution in [0.4, 0.5) is 5.13 Å². The first-order chi connectivity index (χ1) is 13.8. The van der Waals surface area contributed by atoms with Gasteiger partial charge in [-0.2, -0.15) is 0 Å². The first-order valence-corrected chi connectivity index (χ1v) is 11.1. The summed E-state index contributed by atoms with van der Waals surface area (Å²) < 4.78 is 1.15. The predicted octanol–water partition coefficient (Wildman–Crippen LogP) is 6.40. The van der Waals surface area contributed by atoms with E-state index in [0.717, 1.165) is 31.4 Å². The Bertz CT molecular complexity index is 1240. The molecule has 0 aliphatic heterocycles. The van der Waals surface area contributed by atoms with Gasteiger partial charge in [-0.1, -0.05) is 42.5 Å². The Morgan fingerprint density at radius 1 is 0.857 bits per heavy atom. The molecule has 0 saturated heterocycles. The maximum absolute atomic E-state index is 12.6. The molecule has 0 atom stereocenters. The molecule has 2 aromatic carbocycles. The van der Waals surface area contributed by atoms with Crippen LogP contribution in [0.25, 0.3) is 31.4 Å². The highest BCUT2D eigenvalue weighted by atomic mass is 32.1. The van der Waals surface area contributed by atoms with Crippen LogP contribution in [-0.2, 0) is 0 Å². The number of nitrogens with one attached hydrogen (secondary N) is 1. The van der Waals surface area contributed by atoms with Crippen molar-refractivity contribution in [2.24, 2.45) is 0 Å². The molecule has 0 radical (unpaired) electrons. The second-order valence-electron chi connectivity index (χ2n) is 6.01. The number of carbonyl (C=O) groups is 1. The van der Waals surface area contributed by atoms with Gasteiger partial charge in [0.05, 0.1) is 25.7 Å². The fraction of sp³-hybridized carbons (Fsp3) is 0. The van der Waals surface area contributed by atoms with Crippen molar-refractivity contribution in [1.82, 2.24) is 9.97 Å². The SMILES string of the molecule is O=C(Nc1nc(-c2ccccc2)cs1)c1ccc(-c2nc3ccccc3s2)s1. The van der Waals surface area contributed by atoms with E-state index in [2.05, 4.69) is 21.4 Å². The lowest BCUT2D eigenvalue weighted by Crippen LogP contribution is -2.09. The van der Waals surface area contributed by atoms with Gasteiger partial charge in [0.25, 0.3) is 5.91 Å². The molecule has 0 bridgehead atoms. The minimum Gasteiger partial charge on any atom is -0.297 e. The van der Waals surface area contributed by atoms with Gasteiger partial charge in [0, 0.05) is 10.9 Å². The van der Waals surface area contributed by atoms with E-state index in [-0.39, 0.29) is 5.91 Å². The van der Waals surface area contributed by atoms with Crippen molar-refractivity contribution < 1.29 is 4.79 Å². The Kier molecular flexibility index (Phi) is 4.48. The van der Waals surface area contributed by atoms with Crippen LogP contribution < -0.4 is 5.32 Å². The zero-order valence-electron chi connectivity index (χ0n) is 14.5. The number of anilines is 1. The number of fused-ring (bicyclic) bond motifs is 1. The fourth-order valence-corrected chi connectivity index (χ4v) is 5.42. The molecular formula is C21H13N3OS3. The van der Waals surface area contributed by atoms with Gasteiger partial charge in [-0.25, -0.2) is 9.97 Å². The summed E-state index contributed by atoms with van der Waals surface area (Å²) in [7, 11) is 0. The molecule has 0 aliphatic carbocycles. The molecule has 0 fully saturated rings. The average molecular weight is 420 g/mol. The lowest BCUT2D eigenvalue weighted by molar-refractivity contribution is 0.103. The van der Waals surface area contributed by atoms with E-state index in [9.17, 15) is 4.79 Å². The second-order valence-corrected chi connectivity index (χ2v) is 8.98. The Labute approximate surface area is 173 Å². The molecule has 4 nitrogen and oxygen atoms in total. The van der Waals surface area contributed by atoms with Crippen LogP contribution >= 0.6 is 34.0 Å². The Hall–Kier alpha value is -2.87. The highest BCUT2D eigenvalue weighted by Gasteiger charge is 2.15. The van der Waals surface area contributed by atoms with E-state index in [0.29, 0.717) is 10.0 Å². The van der Waals surface area contributed by atoms with Crippen molar-refractivity contribution in [3.63, 3.8) is 0 Å². The molecule has 0 unspecified atom stereocenters. The van der Waals surface area contributed by atoms with Crippen LogP contribution in [0.5, 0.6) is 0 Å². The zero-order chi connectivity index (χ0) is 18.9. The van der Waals surface area contributed by atoms with Crippen LogP contribution in [-0.4, -0.2) is 15.9 Å². The third-order valence-electron chi connectivity index (χ3n) is 4.13. The van der Waals surface area contributed by atoms with Gasteiger partial charge in [-0.05, 0) is 24.3 Å². The Morgan fingerprint density at radius 3 is 2.54 bits per heavy atom. The van der Waals surface area contributed by atoms with Gasteiger partial charge in [0.1, 0.15) is 5.01 Å². The summed E-state index contributed by atoms with van der Waals surface area (Å²) in [5, 5.41) is 6.38. The molecule has 0 saturated carbocycles. The molecule has 3 heterocycles. The van der Waals surface area contributed by atoms with Gasteiger partial charge in [-0.3, -0.25) is 10.1 Å². The number of aromatic nitrogens is 2. The van der Waals surface area contributed by atoms with Crippen LogP contribution in [0, 0.1) is 0 Å². The first-order valence-electron chi connectivity index (χ1n) is 8.54. The minimum absolute atomic E-state index is 0.147. The first kappa shape index (κ1) is 17.2. The largest absolute Gasteiger partial charge is 0.297 e. The Morgan fingerprint density at radius 2 is 1.68 bits per heavy atom. The smallest absolute Gasteiger partial charge is 0.267 e. The average Bonchev–Trinajstić information content (AvgIpc) is 3.47. The highest BCUT2D eigenvalue weighted by molar-refractivity contribution is 7.26. The van der Waals surface area contributed by atoms with E-state index in [1.165, 1.54) is 22.7 Å². The Balaban J connectivity index is 1.34. The standard InChI is InChI=1S/C21H13N3OS3/c25-19(24-21-23-15(12-26-21)13-6-2-1-3-7-13)17-10-11-18(27-17)20-22-14-8-4-5-9-16(14)28-20/h1-12H,(H,23,24,25).